The Balaban J connectivity index is 3.82. The van der Waals surface area contributed by atoms with Gasteiger partial charge in [-0.1, -0.05) is 0 Å². The van der Waals surface area contributed by atoms with Crippen molar-refractivity contribution >= 4 is 28.0 Å². The Morgan fingerprint density at radius 3 is 1.24 bits per heavy atom. The predicted molar refractivity (Wildman–Crippen MR) is 43.1 cm³/mol. The molecule has 0 spiro atoms. The molecule has 0 N–H and O–H groups in total. The van der Waals surface area contributed by atoms with E-state index in [9.17, 15) is 43.2 Å². The highest BCUT2D eigenvalue weighted by molar-refractivity contribution is 8.07. The lowest BCUT2D eigenvalue weighted by atomic mass is 10.3. The van der Waals surface area contributed by atoms with Crippen LogP contribution >= 0.6 is 0 Å². The molecule has 0 bridgehead atoms. The molecule has 0 radical (unpaired) electrons. The van der Waals surface area contributed by atoms with Crippen LogP contribution in [0, 0.1) is 0 Å². The van der Waals surface area contributed by atoms with E-state index >= 15 is 0 Å². The van der Waals surface area contributed by atoms with Gasteiger partial charge in [-0.05, 0) is 0 Å². The number of halogens is 6. The molecule has 0 amide bonds. The third-order valence-corrected chi connectivity index (χ3v) is 6.40. The summed E-state index contributed by atoms with van der Waals surface area (Å²) in [6.07, 6.45) is 0. The molecule has 14 heteroatoms. The van der Waals surface area contributed by atoms with Crippen molar-refractivity contribution in [1.82, 2.24) is 3.62 Å². The molecule has 0 saturated carbocycles. The molecule has 5 nitrogen and oxygen atoms in total. The van der Waals surface area contributed by atoms with Gasteiger partial charge >= 0.3 is 16.4 Å². The average molecular weight is 305 g/mol. The fourth-order valence-electron chi connectivity index (χ4n) is 0.945. The van der Waals surface area contributed by atoms with Crippen LogP contribution in [0.25, 0.3) is 0 Å². The van der Waals surface area contributed by atoms with E-state index in [0.717, 1.165) is 0 Å². The van der Waals surface area contributed by atoms with E-state index in [-0.39, 0.29) is 7.98 Å². The zero-order valence-electron chi connectivity index (χ0n) is 7.66. The summed E-state index contributed by atoms with van der Waals surface area (Å²) in [4.78, 5) is 0. The number of hydrogen-bond donors (Lipinski definition) is 0. The Hall–Kier alpha value is -0.495. The van der Waals surface area contributed by atoms with Crippen LogP contribution in [0.3, 0.4) is 0 Å². The zero-order valence-corrected chi connectivity index (χ0v) is 9.30. The zero-order chi connectivity index (χ0) is 14.1. The molecule has 0 aromatic carbocycles. The van der Waals surface area contributed by atoms with Gasteiger partial charge in [0.2, 0.25) is 7.98 Å². The maximum atomic E-state index is 12.7. The van der Waals surface area contributed by atoms with Gasteiger partial charge < -0.3 is 0 Å². The first-order valence-electron chi connectivity index (χ1n) is 3.52. The van der Waals surface area contributed by atoms with E-state index in [2.05, 4.69) is 0 Å². The van der Waals surface area contributed by atoms with E-state index in [1.165, 1.54) is 0 Å². The highest BCUT2D eigenvalue weighted by atomic mass is 32.3. The van der Waals surface area contributed by atoms with Gasteiger partial charge in [0.25, 0.3) is 20.0 Å². The van der Waals surface area contributed by atoms with Gasteiger partial charge in [0.1, 0.15) is 0 Å². The Morgan fingerprint density at radius 1 is 0.765 bits per heavy atom. The molecule has 1 aliphatic heterocycles. The topological polar surface area (TPSA) is 71.5 Å². The first-order chi connectivity index (χ1) is 7.15. The first-order valence-corrected chi connectivity index (χ1v) is 6.40. The number of nitrogens with zero attached hydrogens (tertiary/aromatic N) is 1. The van der Waals surface area contributed by atoms with E-state index in [1.54, 1.807) is 0 Å². The number of alkyl halides is 6. The van der Waals surface area contributed by atoms with E-state index in [1.807, 2.05) is 0 Å². The van der Waals surface area contributed by atoms with Gasteiger partial charge in [-0.2, -0.15) is 26.3 Å². The summed E-state index contributed by atoms with van der Waals surface area (Å²) < 4.78 is 118. The summed E-state index contributed by atoms with van der Waals surface area (Å²) in [7, 11) is -13.1. The van der Waals surface area contributed by atoms with Crippen molar-refractivity contribution in [2.75, 3.05) is 0 Å². The van der Waals surface area contributed by atoms with Crippen LogP contribution in [0.5, 0.6) is 0 Å². The minimum atomic E-state index is -6.57. The quantitative estimate of drug-likeness (QED) is 0.440. The highest BCUT2D eigenvalue weighted by Crippen LogP contribution is 2.56. The highest BCUT2D eigenvalue weighted by Gasteiger charge is 2.87. The van der Waals surface area contributed by atoms with E-state index < -0.39 is 40.1 Å². The van der Waals surface area contributed by atoms with Crippen molar-refractivity contribution in [1.29, 1.82) is 0 Å². The molecule has 17 heavy (non-hydrogen) atoms. The maximum Gasteiger partial charge on any atom is 0.428 e. The third kappa shape index (κ3) is 1.25. The largest absolute Gasteiger partial charge is 0.428 e. The van der Waals surface area contributed by atoms with Gasteiger partial charge in [0.15, 0.2) is 0 Å². The molecule has 1 saturated heterocycles. The Labute approximate surface area is 91.9 Å². The summed E-state index contributed by atoms with van der Waals surface area (Å²) in [6.45, 7) is 0. The molecule has 0 atom stereocenters. The van der Waals surface area contributed by atoms with Crippen molar-refractivity contribution in [3.05, 3.63) is 0 Å². The molecule has 1 aliphatic rings. The van der Waals surface area contributed by atoms with Gasteiger partial charge in [-0.3, -0.25) is 0 Å². The fraction of sp³-hybridized carbons (Fsp3) is 1.00. The molecule has 1 heterocycles. The fourth-order valence-corrected chi connectivity index (χ4v) is 4.16. The minimum absolute atomic E-state index is 0.179. The molecule has 1 fully saturated rings. The summed E-state index contributed by atoms with van der Waals surface area (Å²) in [5.41, 5.74) is 0. The second-order valence-corrected chi connectivity index (χ2v) is 7.25. The lowest BCUT2D eigenvalue weighted by Gasteiger charge is -2.39. The lowest BCUT2D eigenvalue weighted by Crippen LogP contribution is -2.71. The van der Waals surface area contributed by atoms with Gasteiger partial charge in [-0.25, -0.2) is 16.8 Å². The van der Waals surface area contributed by atoms with Crippen molar-refractivity contribution < 1.29 is 43.2 Å². The average Bonchev–Trinajstić information content (AvgIpc) is 2.13. The molecular weight excluding hydrogens is 303 g/mol. The second kappa shape index (κ2) is 3.09. The number of sulfonamides is 2. The Kier molecular flexibility index (Phi) is 2.65. The second-order valence-electron chi connectivity index (χ2n) is 3.00. The van der Waals surface area contributed by atoms with E-state index in [4.69, 9.17) is 0 Å². The standard InChI is InChI=1S/C3H2BF6NO4S2/c4-11-16(12,13)2(7,8)1(5,6)3(9,10)17(11,14)15/h4H2. The predicted octanol–water partition coefficient (Wildman–Crippen LogP) is -0.669. The third-order valence-electron chi connectivity index (χ3n) is 2.06. The van der Waals surface area contributed by atoms with E-state index in [0.29, 0.717) is 0 Å². The summed E-state index contributed by atoms with van der Waals surface area (Å²) in [5, 5.41) is -12.5. The lowest BCUT2D eigenvalue weighted by molar-refractivity contribution is -0.248. The van der Waals surface area contributed by atoms with Gasteiger partial charge in [0.05, 0.1) is 0 Å². The van der Waals surface area contributed by atoms with Crippen molar-refractivity contribution in [3.63, 3.8) is 0 Å². The molecular formula is C3H2BF6NO4S2. The van der Waals surface area contributed by atoms with Crippen LogP contribution in [0.2, 0.25) is 0 Å². The smallest absolute Gasteiger partial charge is 0.206 e. The normalized spacial score (nSPS) is 33.1. The van der Waals surface area contributed by atoms with Gasteiger partial charge in [-0.15, -0.1) is 3.62 Å². The summed E-state index contributed by atoms with van der Waals surface area (Å²) in [5.74, 6) is -6.57. The molecule has 0 aromatic rings. The van der Waals surface area contributed by atoms with Crippen LogP contribution in [0.15, 0.2) is 0 Å². The number of hydrogen-bond acceptors (Lipinski definition) is 4. The Morgan fingerprint density at radius 2 is 1.00 bits per heavy atom. The van der Waals surface area contributed by atoms with Gasteiger partial charge in [0, 0.05) is 0 Å². The molecule has 100 valence electrons. The summed E-state index contributed by atoms with van der Waals surface area (Å²) in [6, 6.07) is 0. The molecule has 0 aliphatic carbocycles. The molecule has 0 unspecified atom stereocenters. The minimum Gasteiger partial charge on any atom is -0.206 e. The van der Waals surface area contributed by atoms with Crippen molar-refractivity contribution in [2.45, 2.75) is 16.4 Å². The monoisotopic (exact) mass is 305 g/mol. The van der Waals surface area contributed by atoms with Crippen LogP contribution in [-0.2, 0) is 20.0 Å². The van der Waals surface area contributed by atoms with Crippen molar-refractivity contribution in [3.8, 4) is 0 Å². The first kappa shape index (κ1) is 14.6. The maximum absolute atomic E-state index is 12.7. The Bertz CT molecular complexity index is 506. The SMILES string of the molecule is BN1S(=O)(=O)C(F)(F)C(F)(F)C(F)(F)S1(=O)=O. The molecule has 1 rings (SSSR count). The van der Waals surface area contributed by atoms with Crippen LogP contribution < -0.4 is 0 Å². The van der Waals surface area contributed by atoms with Crippen LogP contribution in [-0.4, -0.2) is 44.9 Å². The van der Waals surface area contributed by atoms with Crippen molar-refractivity contribution in [2.24, 2.45) is 0 Å². The van der Waals surface area contributed by atoms with Crippen LogP contribution in [0.1, 0.15) is 0 Å². The number of rotatable bonds is 0. The summed E-state index contributed by atoms with van der Waals surface area (Å²) >= 11 is 0. The van der Waals surface area contributed by atoms with Crippen LogP contribution in [0.4, 0.5) is 26.3 Å². The molecule has 0 aromatic heterocycles.